The summed E-state index contributed by atoms with van der Waals surface area (Å²) < 4.78 is 3.77. The van der Waals surface area contributed by atoms with Crippen molar-refractivity contribution in [2.24, 2.45) is 0 Å². The minimum atomic E-state index is -0.541. The Bertz CT molecular complexity index is 105. The van der Waals surface area contributed by atoms with Crippen LogP contribution in [0.15, 0.2) is 0 Å². The minimum Gasteiger partial charge on any atom is -0.438 e. The van der Waals surface area contributed by atoms with E-state index < -0.39 is 16.2 Å². The Hall–Kier alpha value is 0.160. The summed E-state index contributed by atoms with van der Waals surface area (Å²) in [7, 11) is 0. The fourth-order valence-corrected chi connectivity index (χ4v) is 0.386. The lowest BCUT2D eigenvalue weighted by Crippen LogP contribution is -2.26. The number of hydrogen-bond donors (Lipinski definition) is 1. The van der Waals surface area contributed by atoms with E-state index in [1.807, 2.05) is 22.6 Å². The van der Waals surface area contributed by atoms with Crippen molar-refractivity contribution in [2.75, 3.05) is 6.79 Å². The van der Waals surface area contributed by atoms with Crippen LogP contribution in [0.4, 0.5) is 0 Å². The molecule has 0 heterocycles. The lowest BCUT2D eigenvalue weighted by Gasteiger charge is -2.12. The summed E-state index contributed by atoms with van der Waals surface area (Å²) in [5.74, 6) is -0.398. The van der Waals surface area contributed by atoms with E-state index in [0.29, 0.717) is 0 Å². The molecule has 4 heteroatoms. The molecular weight excluding hydrogens is 235 g/mol. The zero-order valence-electron chi connectivity index (χ0n) is 5.35. The van der Waals surface area contributed by atoms with Gasteiger partial charge in [-0.3, -0.25) is 4.79 Å². The standard InChI is InChI=1S/C5H9IO3/c1-5(2,6)4(8)9-3-7/h7H,3H2,1-2H3. The van der Waals surface area contributed by atoms with Crippen molar-refractivity contribution >= 4 is 28.6 Å². The van der Waals surface area contributed by atoms with Gasteiger partial charge in [0.2, 0.25) is 0 Å². The molecular formula is C5H9IO3. The van der Waals surface area contributed by atoms with Crippen LogP contribution in [0.25, 0.3) is 0 Å². The maximum Gasteiger partial charge on any atom is 0.323 e. The molecule has 0 aromatic rings. The molecule has 0 unspecified atom stereocenters. The molecule has 0 amide bonds. The second kappa shape index (κ2) is 3.36. The van der Waals surface area contributed by atoms with Crippen molar-refractivity contribution in [2.45, 2.75) is 17.3 Å². The zero-order chi connectivity index (χ0) is 7.49. The average Bonchev–Trinajstić information content (AvgIpc) is 1.64. The molecule has 0 aliphatic carbocycles. The van der Waals surface area contributed by atoms with Crippen molar-refractivity contribution in [1.82, 2.24) is 0 Å². The molecule has 0 bridgehead atoms. The number of alkyl halides is 1. The summed E-state index contributed by atoms with van der Waals surface area (Å²) in [4.78, 5) is 10.7. The monoisotopic (exact) mass is 244 g/mol. The second-order valence-corrected chi connectivity index (χ2v) is 4.73. The van der Waals surface area contributed by atoms with E-state index in [1.54, 1.807) is 13.8 Å². The Morgan fingerprint density at radius 3 is 2.33 bits per heavy atom. The number of carbonyl (C=O) groups is 1. The van der Waals surface area contributed by atoms with Crippen LogP contribution in [0.2, 0.25) is 0 Å². The van der Waals surface area contributed by atoms with E-state index in [1.165, 1.54) is 0 Å². The molecule has 1 N–H and O–H groups in total. The van der Waals surface area contributed by atoms with Gasteiger partial charge in [-0.2, -0.15) is 0 Å². The minimum absolute atomic E-state index is 0.398. The predicted octanol–water partition coefficient (Wildman–Crippen LogP) is 0.693. The summed E-state index contributed by atoms with van der Waals surface area (Å²) in [5, 5.41) is 8.15. The molecule has 0 fully saturated rings. The zero-order valence-corrected chi connectivity index (χ0v) is 7.51. The first-order valence-corrected chi connectivity index (χ1v) is 3.53. The highest BCUT2D eigenvalue weighted by Crippen LogP contribution is 2.17. The van der Waals surface area contributed by atoms with Gasteiger partial charge in [-0.25, -0.2) is 0 Å². The van der Waals surface area contributed by atoms with Crippen LogP contribution in [0.3, 0.4) is 0 Å². The Balaban J connectivity index is 3.74. The van der Waals surface area contributed by atoms with Crippen LogP contribution >= 0.6 is 22.6 Å². The maximum atomic E-state index is 10.7. The highest BCUT2D eigenvalue weighted by atomic mass is 127. The van der Waals surface area contributed by atoms with Crippen molar-refractivity contribution in [3.63, 3.8) is 0 Å². The summed E-state index contributed by atoms with van der Waals surface area (Å²) in [5.41, 5.74) is 0. The number of rotatable bonds is 2. The third kappa shape index (κ3) is 3.69. The van der Waals surface area contributed by atoms with Gasteiger partial charge in [0.15, 0.2) is 6.79 Å². The van der Waals surface area contributed by atoms with E-state index in [2.05, 4.69) is 4.74 Å². The molecule has 0 saturated carbocycles. The Morgan fingerprint density at radius 1 is 1.78 bits per heavy atom. The van der Waals surface area contributed by atoms with Crippen LogP contribution in [0.1, 0.15) is 13.8 Å². The van der Waals surface area contributed by atoms with Gasteiger partial charge in [0.05, 0.1) is 0 Å². The first-order chi connectivity index (χ1) is 3.98. The van der Waals surface area contributed by atoms with E-state index in [-0.39, 0.29) is 0 Å². The number of aliphatic hydroxyl groups is 1. The molecule has 0 aromatic heterocycles. The highest BCUT2D eigenvalue weighted by Gasteiger charge is 2.24. The summed E-state index contributed by atoms with van der Waals surface area (Å²) in [6, 6.07) is 0. The molecule has 3 nitrogen and oxygen atoms in total. The fourth-order valence-electron chi connectivity index (χ4n) is 0.230. The van der Waals surface area contributed by atoms with Crippen LogP contribution in [0.5, 0.6) is 0 Å². The van der Waals surface area contributed by atoms with Gasteiger partial charge in [0, 0.05) is 0 Å². The van der Waals surface area contributed by atoms with Crippen molar-refractivity contribution < 1.29 is 14.6 Å². The number of esters is 1. The predicted molar refractivity (Wildman–Crippen MR) is 41.3 cm³/mol. The Kier molecular flexibility index (Phi) is 3.42. The normalized spacial score (nSPS) is 11.1. The van der Waals surface area contributed by atoms with Gasteiger partial charge in [-0.15, -0.1) is 0 Å². The molecule has 0 radical (unpaired) electrons. The first kappa shape index (κ1) is 9.16. The summed E-state index contributed by atoms with van der Waals surface area (Å²) in [6.45, 7) is 2.89. The molecule has 0 saturated heterocycles. The average molecular weight is 244 g/mol. The highest BCUT2D eigenvalue weighted by molar-refractivity contribution is 14.1. The number of carbonyl (C=O) groups excluding carboxylic acids is 1. The maximum absolute atomic E-state index is 10.7. The van der Waals surface area contributed by atoms with Crippen LogP contribution in [0, 0.1) is 0 Å². The SMILES string of the molecule is CC(C)(I)C(=O)OCO. The fraction of sp³-hybridized carbons (Fsp3) is 0.800. The van der Waals surface area contributed by atoms with E-state index in [9.17, 15) is 4.79 Å². The number of ether oxygens (including phenoxy) is 1. The lowest BCUT2D eigenvalue weighted by molar-refractivity contribution is -0.153. The van der Waals surface area contributed by atoms with E-state index >= 15 is 0 Å². The number of aliphatic hydroxyl groups excluding tert-OH is 1. The largest absolute Gasteiger partial charge is 0.438 e. The molecule has 0 spiro atoms. The second-order valence-electron chi connectivity index (χ2n) is 2.03. The molecule has 0 aliphatic rings. The Morgan fingerprint density at radius 2 is 2.22 bits per heavy atom. The molecule has 9 heavy (non-hydrogen) atoms. The summed E-state index contributed by atoms with van der Waals surface area (Å²) in [6.07, 6.45) is 0. The first-order valence-electron chi connectivity index (χ1n) is 2.45. The number of hydrogen-bond acceptors (Lipinski definition) is 3. The third-order valence-electron chi connectivity index (χ3n) is 0.681. The van der Waals surface area contributed by atoms with Gasteiger partial charge in [-0.1, -0.05) is 22.6 Å². The topological polar surface area (TPSA) is 46.5 Å². The van der Waals surface area contributed by atoms with Gasteiger partial charge in [0.1, 0.15) is 3.42 Å². The van der Waals surface area contributed by atoms with Crippen LogP contribution in [-0.2, 0) is 9.53 Å². The summed E-state index contributed by atoms with van der Waals surface area (Å²) >= 11 is 1.94. The molecule has 0 atom stereocenters. The quantitative estimate of drug-likeness (QED) is 0.336. The van der Waals surface area contributed by atoms with Gasteiger partial charge in [0.25, 0.3) is 0 Å². The smallest absolute Gasteiger partial charge is 0.323 e. The van der Waals surface area contributed by atoms with Gasteiger partial charge >= 0.3 is 5.97 Å². The lowest BCUT2D eigenvalue weighted by atomic mass is 10.2. The Labute approximate surface area is 67.5 Å². The molecule has 54 valence electrons. The van der Waals surface area contributed by atoms with Crippen LogP contribution in [-0.4, -0.2) is 21.3 Å². The third-order valence-corrected chi connectivity index (χ3v) is 1.12. The number of halogens is 1. The van der Waals surface area contributed by atoms with Crippen molar-refractivity contribution in [3.8, 4) is 0 Å². The van der Waals surface area contributed by atoms with Crippen molar-refractivity contribution in [3.05, 3.63) is 0 Å². The van der Waals surface area contributed by atoms with Gasteiger partial charge in [-0.05, 0) is 13.8 Å². The van der Waals surface area contributed by atoms with Crippen molar-refractivity contribution in [1.29, 1.82) is 0 Å². The van der Waals surface area contributed by atoms with Gasteiger partial charge < -0.3 is 9.84 Å². The molecule has 0 aromatic carbocycles. The molecule has 0 aliphatic heterocycles. The molecule has 0 rings (SSSR count). The van der Waals surface area contributed by atoms with E-state index in [4.69, 9.17) is 5.11 Å². The van der Waals surface area contributed by atoms with E-state index in [0.717, 1.165) is 0 Å². The van der Waals surface area contributed by atoms with Crippen LogP contribution < -0.4 is 0 Å².